The first-order valence-electron chi connectivity index (χ1n) is 7.65. The van der Waals surface area contributed by atoms with Crippen LogP contribution in [0.25, 0.3) is 5.69 Å². The molecule has 1 heterocycles. The molecule has 0 spiro atoms. The molecule has 5 heteroatoms. The number of hydrogen-bond donors (Lipinski definition) is 2. The summed E-state index contributed by atoms with van der Waals surface area (Å²) in [4.78, 5) is 11.5. The summed E-state index contributed by atoms with van der Waals surface area (Å²) in [5, 5.41) is 17.2. The molecule has 1 aromatic carbocycles. The number of hydrogen-bond acceptors (Lipinski definition) is 3. The van der Waals surface area contributed by atoms with Crippen molar-refractivity contribution in [2.75, 3.05) is 6.54 Å². The highest BCUT2D eigenvalue weighted by molar-refractivity contribution is 5.74. The van der Waals surface area contributed by atoms with Crippen LogP contribution in [0.15, 0.2) is 42.6 Å². The van der Waals surface area contributed by atoms with Gasteiger partial charge in [-0.3, -0.25) is 4.79 Å². The predicted molar refractivity (Wildman–Crippen MR) is 85.9 cm³/mol. The van der Waals surface area contributed by atoms with E-state index >= 15 is 0 Å². The molecule has 0 amide bonds. The van der Waals surface area contributed by atoms with Gasteiger partial charge in [-0.2, -0.15) is 5.10 Å². The Morgan fingerprint density at radius 2 is 1.91 bits per heavy atom. The van der Waals surface area contributed by atoms with Gasteiger partial charge in [0.15, 0.2) is 0 Å². The number of nitrogens with zero attached hydrogens (tertiary/aromatic N) is 2. The Morgan fingerprint density at radius 3 is 2.50 bits per heavy atom. The molecule has 22 heavy (non-hydrogen) atoms. The fraction of sp³-hybridized carbons (Fsp3) is 0.412. The minimum atomic E-state index is -0.736. The molecule has 118 valence electrons. The highest BCUT2D eigenvalue weighted by Gasteiger charge is 2.34. The van der Waals surface area contributed by atoms with Crippen molar-refractivity contribution in [2.45, 2.75) is 33.2 Å². The Labute approximate surface area is 131 Å². The van der Waals surface area contributed by atoms with Crippen LogP contribution >= 0.6 is 0 Å². The second-order valence-corrected chi connectivity index (χ2v) is 5.48. The zero-order chi connectivity index (χ0) is 16.0. The molecule has 0 bridgehead atoms. The summed E-state index contributed by atoms with van der Waals surface area (Å²) in [5.74, 6) is -0.736. The van der Waals surface area contributed by atoms with E-state index in [0.717, 1.165) is 11.4 Å². The molecular weight excluding hydrogens is 278 g/mol. The monoisotopic (exact) mass is 301 g/mol. The lowest BCUT2D eigenvalue weighted by Crippen LogP contribution is -2.40. The molecule has 2 aromatic rings. The molecule has 0 saturated heterocycles. The smallest absolute Gasteiger partial charge is 0.310 e. The molecule has 0 radical (unpaired) electrons. The lowest BCUT2D eigenvalue weighted by atomic mass is 9.82. The molecule has 1 aromatic heterocycles. The second kappa shape index (κ2) is 7.22. The summed E-state index contributed by atoms with van der Waals surface area (Å²) in [6.45, 7) is 4.86. The number of aromatic nitrogens is 2. The topological polar surface area (TPSA) is 67.2 Å². The van der Waals surface area contributed by atoms with Crippen molar-refractivity contribution in [1.82, 2.24) is 15.1 Å². The van der Waals surface area contributed by atoms with E-state index in [9.17, 15) is 9.90 Å². The fourth-order valence-electron chi connectivity index (χ4n) is 2.49. The Morgan fingerprint density at radius 1 is 1.23 bits per heavy atom. The van der Waals surface area contributed by atoms with E-state index in [-0.39, 0.29) is 0 Å². The number of carboxylic acids is 1. The zero-order valence-corrected chi connectivity index (χ0v) is 13.1. The molecule has 0 aliphatic carbocycles. The molecule has 0 atom stereocenters. The van der Waals surface area contributed by atoms with Gasteiger partial charge in [-0.15, -0.1) is 0 Å². The first kappa shape index (κ1) is 16.2. The average molecular weight is 301 g/mol. The second-order valence-electron chi connectivity index (χ2n) is 5.48. The number of carboxylic acid groups (broad SMARTS) is 1. The maximum absolute atomic E-state index is 11.5. The van der Waals surface area contributed by atoms with E-state index in [1.807, 2.05) is 61.1 Å². The van der Waals surface area contributed by atoms with Gasteiger partial charge >= 0.3 is 5.97 Å². The first-order chi connectivity index (χ1) is 10.6. The number of para-hydroxylation sites is 1. The molecule has 2 N–H and O–H groups in total. The maximum Gasteiger partial charge on any atom is 0.310 e. The van der Waals surface area contributed by atoms with Gasteiger partial charge in [-0.05, 0) is 31.0 Å². The highest BCUT2D eigenvalue weighted by atomic mass is 16.4. The SMILES string of the molecule is CCC(CC)(CNCc1ccn(-c2ccccc2)n1)C(=O)O. The lowest BCUT2D eigenvalue weighted by molar-refractivity contribution is -0.149. The van der Waals surface area contributed by atoms with E-state index < -0.39 is 11.4 Å². The van der Waals surface area contributed by atoms with Crippen molar-refractivity contribution in [2.24, 2.45) is 5.41 Å². The Bertz CT molecular complexity index is 603. The van der Waals surface area contributed by atoms with Gasteiger partial charge < -0.3 is 10.4 Å². The molecule has 0 unspecified atom stereocenters. The molecule has 0 fully saturated rings. The van der Waals surface area contributed by atoms with E-state index in [1.165, 1.54) is 0 Å². The van der Waals surface area contributed by atoms with Gasteiger partial charge in [0.1, 0.15) is 0 Å². The molecule has 0 aliphatic rings. The van der Waals surface area contributed by atoms with Crippen LogP contribution in [0.1, 0.15) is 32.4 Å². The highest BCUT2D eigenvalue weighted by Crippen LogP contribution is 2.25. The Hall–Kier alpha value is -2.14. The minimum Gasteiger partial charge on any atom is -0.481 e. The lowest BCUT2D eigenvalue weighted by Gasteiger charge is -2.26. The van der Waals surface area contributed by atoms with Crippen LogP contribution in [0.5, 0.6) is 0 Å². The Balaban J connectivity index is 1.96. The number of benzene rings is 1. The van der Waals surface area contributed by atoms with Gasteiger partial charge in [-0.25, -0.2) is 4.68 Å². The van der Waals surface area contributed by atoms with Crippen molar-refractivity contribution >= 4 is 5.97 Å². The zero-order valence-electron chi connectivity index (χ0n) is 13.1. The fourth-order valence-corrected chi connectivity index (χ4v) is 2.49. The van der Waals surface area contributed by atoms with Crippen molar-refractivity contribution in [1.29, 1.82) is 0 Å². The van der Waals surface area contributed by atoms with Gasteiger partial charge in [0.05, 0.1) is 16.8 Å². The normalized spacial score (nSPS) is 11.5. The van der Waals surface area contributed by atoms with Crippen molar-refractivity contribution in [3.63, 3.8) is 0 Å². The number of nitrogens with one attached hydrogen (secondary N) is 1. The molecule has 5 nitrogen and oxygen atoms in total. The van der Waals surface area contributed by atoms with Crippen LogP contribution < -0.4 is 5.32 Å². The average Bonchev–Trinajstić information content (AvgIpc) is 3.01. The largest absolute Gasteiger partial charge is 0.481 e. The van der Waals surface area contributed by atoms with Crippen LogP contribution in [0, 0.1) is 5.41 Å². The summed E-state index contributed by atoms with van der Waals surface area (Å²) < 4.78 is 1.82. The summed E-state index contributed by atoms with van der Waals surface area (Å²) in [7, 11) is 0. The van der Waals surface area contributed by atoms with Crippen LogP contribution in [0.2, 0.25) is 0 Å². The van der Waals surface area contributed by atoms with Gasteiger partial charge in [0.25, 0.3) is 0 Å². The molecular formula is C17H23N3O2. The van der Waals surface area contributed by atoms with Crippen molar-refractivity contribution in [3.8, 4) is 5.69 Å². The first-order valence-corrected chi connectivity index (χ1v) is 7.65. The Kier molecular flexibility index (Phi) is 5.33. The molecule has 0 saturated carbocycles. The number of rotatable bonds is 8. The number of carbonyl (C=O) groups is 1. The van der Waals surface area contributed by atoms with E-state index in [1.54, 1.807) is 0 Å². The van der Waals surface area contributed by atoms with E-state index in [0.29, 0.717) is 25.9 Å². The third kappa shape index (κ3) is 3.54. The quantitative estimate of drug-likeness (QED) is 0.787. The summed E-state index contributed by atoms with van der Waals surface area (Å²) in [6, 6.07) is 11.8. The minimum absolute atomic E-state index is 0.452. The van der Waals surface area contributed by atoms with Gasteiger partial charge in [0.2, 0.25) is 0 Å². The summed E-state index contributed by atoms with van der Waals surface area (Å²) in [6.07, 6.45) is 3.14. The molecule has 0 aliphatic heterocycles. The van der Waals surface area contributed by atoms with Crippen LogP contribution in [0.3, 0.4) is 0 Å². The van der Waals surface area contributed by atoms with Crippen molar-refractivity contribution < 1.29 is 9.90 Å². The number of aliphatic carboxylic acids is 1. The maximum atomic E-state index is 11.5. The van der Waals surface area contributed by atoms with Crippen LogP contribution in [-0.4, -0.2) is 27.4 Å². The van der Waals surface area contributed by atoms with Crippen LogP contribution in [0.4, 0.5) is 0 Å². The molecule has 2 rings (SSSR count). The third-order valence-corrected chi connectivity index (χ3v) is 4.24. The van der Waals surface area contributed by atoms with E-state index in [2.05, 4.69) is 10.4 Å². The van der Waals surface area contributed by atoms with E-state index in [4.69, 9.17) is 0 Å². The van der Waals surface area contributed by atoms with Gasteiger partial charge in [0, 0.05) is 19.3 Å². The van der Waals surface area contributed by atoms with Crippen molar-refractivity contribution in [3.05, 3.63) is 48.3 Å². The standard InChI is InChI=1S/C17H23N3O2/c1-3-17(4-2,16(21)22)13-18-12-14-10-11-20(19-14)15-8-6-5-7-9-15/h5-11,18H,3-4,12-13H2,1-2H3,(H,21,22). The summed E-state index contributed by atoms with van der Waals surface area (Å²) >= 11 is 0. The third-order valence-electron chi connectivity index (χ3n) is 4.24. The predicted octanol–water partition coefficient (Wildman–Crippen LogP) is 2.85. The summed E-state index contributed by atoms with van der Waals surface area (Å²) in [5.41, 5.74) is 1.22. The van der Waals surface area contributed by atoms with Gasteiger partial charge in [-0.1, -0.05) is 32.0 Å². The van der Waals surface area contributed by atoms with Crippen LogP contribution in [-0.2, 0) is 11.3 Å².